The highest BCUT2D eigenvalue weighted by atomic mass is 32.2. The minimum Gasteiger partial charge on any atom is -0.351 e. The number of benzene rings is 3. The fourth-order valence-electron chi connectivity index (χ4n) is 4.02. The average molecular weight is 449 g/mol. The second-order valence-electron chi connectivity index (χ2n) is 8.24. The van der Waals surface area contributed by atoms with Gasteiger partial charge in [0.2, 0.25) is 15.9 Å². The molecule has 3 aromatic rings. The Bertz CT molecular complexity index is 1200. The van der Waals surface area contributed by atoms with Gasteiger partial charge in [-0.05, 0) is 54.2 Å². The highest BCUT2D eigenvalue weighted by molar-refractivity contribution is 7.89. The van der Waals surface area contributed by atoms with Gasteiger partial charge in [-0.2, -0.15) is 4.31 Å². The lowest BCUT2D eigenvalue weighted by Crippen LogP contribution is -2.52. The van der Waals surface area contributed by atoms with Crippen LogP contribution in [0.25, 0.3) is 0 Å². The van der Waals surface area contributed by atoms with Crippen LogP contribution >= 0.6 is 0 Å². The number of rotatable bonds is 6. The number of amides is 1. The van der Waals surface area contributed by atoms with Crippen molar-refractivity contribution in [1.82, 2.24) is 9.62 Å². The van der Waals surface area contributed by atoms with Crippen molar-refractivity contribution in [3.8, 4) is 0 Å². The number of aryl methyl sites for hydroxylation is 2. The molecule has 1 aliphatic heterocycles. The molecule has 1 unspecified atom stereocenters. The minimum absolute atomic E-state index is 0.176. The van der Waals surface area contributed by atoms with Crippen molar-refractivity contribution in [3.63, 3.8) is 0 Å². The Morgan fingerprint density at radius 1 is 0.938 bits per heavy atom. The number of hydrogen-bond donors (Lipinski definition) is 1. The van der Waals surface area contributed by atoms with E-state index in [1.54, 1.807) is 24.3 Å². The van der Waals surface area contributed by atoms with E-state index in [2.05, 4.69) is 12.2 Å². The number of nitrogens with one attached hydrogen (secondary N) is 1. The molecule has 0 saturated carbocycles. The third-order valence-electron chi connectivity index (χ3n) is 6.03. The van der Waals surface area contributed by atoms with E-state index >= 15 is 0 Å². The summed E-state index contributed by atoms with van der Waals surface area (Å²) in [7, 11) is -3.84. The molecule has 1 aliphatic rings. The van der Waals surface area contributed by atoms with Gasteiger partial charge in [0.05, 0.1) is 4.90 Å². The van der Waals surface area contributed by atoms with Gasteiger partial charge in [-0.25, -0.2) is 8.42 Å². The van der Waals surface area contributed by atoms with Gasteiger partial charge in [0.25, 0.3) is 0 Å². The molecule has 3 aromatic carbocycles. The third kappa shape index (κ3) is 4.61. The molecule has 0 radical (unpaired) electrons. The predicted octanol–water partition coefficient (Wildman–Crippen LogP) is 3.99. The van der Waals surface area contributed by atoms with Crippen LogP contribution in [0, 0.1) is 6.92 Å². The molecule has 0 saturated heterocycles. The van der Waals surface area contributed by atoms with Gasteiger partial charge in [-0.3, -0.25) is 4.79 Å². The predicted molar refractivity (Wildman–Crippen MR) is 126 cm³/mol. The number of carbonyl (C=O) groups is 1. The standard InChI is InChI=1S/C26H28N2O3S/c1-3-20-10-12-21(13-11-20)17-27-26(29)25-16-22-6-4-5-7-23(22)18-28(25)32(30,31)24-14-8-19(2)9-15-24/h4-15,25H,3,16-18H2,1-2H3,(H,27,29). The maximum absolute atomic E-state index is 13.5. The lowest BCUT2D eigenvalue weighted by atomic mass is 9.95. The first-order valence-electron chi connectivity index (χ1n) is 10.9. The highest BCUT2D eigenvalue weighted by Gasteiger charge is 2.39. The molecule has 6 heteroatoms. The Morgan fingerprint density at radius 3 is 2.22 bits per heavy atom. The smallest absolute Gasteiger partial charge is 0.244 e. The van der Waals surface area contributed by atoms with Crippen LogP contribution in [0.5, 0.6) is 0 Å². The SMILES string of the molecule is CCc1ccc(CNC(=O)C2Cc3ccccc3CN2S(=O)(=O)c2ccc(C)cc2)cc1. The summed E-state index contributed by atoms with van der Waals surface area (Å²) in [5, 5.41) is 2.95. The van der Waals surface area contributed by atoms with Crippen molar-refractivity contribution in [1.29, 1.82) is 0 Å². The Labute approximate surface area is 190 Å². The van der Waals surface area contributed by atoms with E-state index in [4.69, 9.17) is 0 Å². The summed E-state index contributed by atoms with van der Waals surface area (Å²) < 4.78 is 28.4. The van der Waals surface area contributed by atoms with Crippen molar-refractivity contribution in [3.05, 3.63) is 101 Å². The van der Waals surface area contributed by atoms with Gasteiger partial charge in [-0.1, -0.05) is 73.2 Å². The number of nitrogens with zero attached hydrogens (tertiary/aromatic N) is 1. The van der Waals surface area contributed by atoms with E-state index in [9.17, 15) is 13.2 Å². The zero-order chi connectivity index (χ0) is 22.7. The van der Waals surface area contributed by atoms with E-state index in [0.717, 1.165) is 28.7 Å². The summed E-state index contributed by atoms with van der Waals surface area (Å²) >= 11 is 0. The van der Waals surface area contributed by atoms with Crippen molar-refractivity contribution in [2.24, 2.45) is 0 Å². The average Bonchev–Trinajstić information content (AvgIpc) is 2.82. The lowest BCUT2D eigenvalue weighted by molar-refractivity contribution is -0.125. The van der Waals surface area contributed by atoms with Gasteiger partial charge in [0.15, 0.2) is 0 Å². The topological polar surface area (TPSA) is 66.5 Å². The van der Waals surface area contributed by atoms with Crippen molar-refractivity contribution in [2.75, 3.05) is 0 Å². The summed E-state index contributed by atoms with van der Waals surface area (Å²) in [5.41, 5.74) is 5.15. The molecule has 0 fully saturated rings. The molecule has 0 aliphatic carbocycles. The van der Waals surface area contributed by atoms with Crippen LogP contribution in [0.4, 0.5) is 0 Å². The third-order valence-corrected chi connectivity index (χ3v) is 7.90. The Morgan fingerprint density at radius 2 is 1.56 bits per heavy atom. The van der Waals surface area contributed by atoms with Crippen LogP contribution in [0.3, 0.4) is 0 Å². The van der Waals surface area contributed by atoms with Gasteiger partial charge in [-0.15, -0.1) is 0 Å². The molecule has 0 aromatic heterocycles. The minimum atomic E-state index is -3.84. The van der Waals surface area contributed by atoms with E-state index in [1.165, 1.54) is 9.87 Å². The zero-order valence-electron chi connectivity index (χ0n) is 18.4. The van der Waals surface area contributed by atoms with Crippen LogP contribution in [0.15, 0.2) is 77.7 Å². The van der Waals surface area contributed by atoms with E-state index in [1.807, 2.05) is 55.5 Å². The molecular formula is C26H28N2O3S. The fraction of sp³-hybridized carbons (Fsp3) is 0.269. The second-order valence-corrected chi connectivity index (χ2v) is 10.1. The number of sulfonamides is 1. The molecule has 1 amide bonds. The molecule has 1 atom stereocenters. The quantitative estimate of drug-likeness (QED) is 0.620. The van der Waals surface area contributed by atoms with Crippen molar-refractivity contribution in [2.45, 2.75) is 50.7 Å². The largest absolute Gasteiger partial charge is 0.351 e. The summed E-state index contributed by atoms with van der Waals surface area (Å²) in [6, 6.07) is 21.8. The first-order chi connectivity index (χ1) is 15.4. The van der Waals surface area contributed by atoms with Gasteiger partial charge >= 0.3 is 0 Å². The molecule has 0 spiro atoms. The molecule has 1 N–H and O–H groups in total. The highest BCUT2D eigenvalue weighted by Crippen LogP contribution is 2.29. The summed E-state index contributed by atoms with van der Waals surface area (Å²) in [5.74, 6) is -0.283. The summed E-state index contributed by atoms with van der Waals surface area (Å²) in [6.07, 6.45) is 1.31. The molecule has 1 heterocycles. The Kier molecular flexibility index (Phi) is 6.44. The fourth-order valence-corrected chi connectivity index (χ4v) is 5.59. The number of carbonyl (C=O) groups excluding carboxylic acids is 1. The zero-order valence-corrected chi connectivity index (χ0v) is 19.2. The molecule has 32 heavy (non-hydrogen) atoms. The van der Waals surface area contributed by atoms with E-state index < -0.39 is 16.1 Å². The van der Waals surface area contributed by atoms with Gasteiger partial charge in [0.1, 0.15) is 6.04 Å². The van der Waals surface area contributed by atoms with Gasteiger partial charge in [0, 0.05) is 13.1 Å². The first-order valence-corrected chi connectivity index (χ1v) is 12.3. The van der Waals surface area contributed by atoms with E-state index in [-0.39, 0.29) is 17.3 Å². The first kappa shape index (κ1) is 22.2. The Hall–Kier alpha value is -2.96. The maximum Gasteiger partial charge on any atom is 0.244 e. The van der Waals surface area contributed by atoms with Crippen LogP contribution in [0.2, 0.25) is 0 Å². The van der Waals surface area contributed by atoms with Crippen LogP contribution in [-0.2, 0) is 40.7 Å². The molecular weight excluding hydrogens is 420 g/mol. The lowest BCUT2D eigenvalue weighted by Gasteiger charge is -2.35. The van der Waals surface area contributed by atoms with Crippen LogP contribution in [-0.4, -0.2) is 24.7 Å². The van der Waals surface area contributed by atoms with Crippen molar-refractivity contribution < 1.29 is 13.2 Å². The summed E-state index contributed by atoms with van der Waals surface area (Å²) in [4.78, 5) is 13.4. The summed E-state index contributed by atoms with van der Waals surface area (Å²) in [6.45, 7) is 4.55. The second kappa shape index (κ2) is 9.27. The molecule has 5 nitrogen and oxygen atoms in total. The van der Waals surface area contributed by atoms with Crippen molar-refractivity contribution >= 4 is 15.9 Å². The van der Waals surface area contributed by atoms with Gasteiger partial charge < -0.3 is 5.32 Å². The molecule has 4 rings (SSSR count). The monoisotopic (exact) mass is 448 g/mol. The molecule has 166 valence electrons. The number of hydrogen-bond acceptors (Lipinski definition) is 3. The molecule has 0 bridgehead atoms. The maximum atomic E-state index is 13.5. The van der Waals surface area contributed by atoms with Crippen LogP contribution in [0.1, 0.15) is 34.7 Å². The normalized spacial score (nSPS) is 16.4. The Balaban J connectivity index is 1.60. The number of fused-ring (bicyclic) bond motifs is 1. The van der Waals surface area contributed by atoms with E-state index in [0.29, 0.717) is 13.0 Å². The van der Waals surface area contributed by atoms with Crippen LogP contribution < -0.4 is 5.32 Å².